The first kappa shape index (κ1) is 21.8. The first-order valence-electron chi connectivity index (χ1n) is 9.37. The number of carbonyl (C=O) groups excluding carboxylic acids is 1. The Labute approximate surface area is 167 Å². The van der Waals surface area contributed by atoms with Crippen molar-refractivity contribution < 1.29 is 17.9 Å². The number of amides is 1. The van der Waals surface area contributed by atoms with Crippen LogP contribution in [0.25, 0.3) is 0 Å². The summed E-state index contributed by atoms with van der Waals surface area (Å²) < 4.78 is 31.4. The predicted molar refractivity (Wildman–Crippen MR) is 109 cm³/mol. The Kier molecular flexibility index (Phi) is 7.79. The zero-order valence-electron chi connectivity index (χ0n) is 16.2. The summed E-state index contributed by atoms with van der Waals surface area (Å²) in [4.78, 5) is 12.9. The van der Waals surface area contributed by atoms with Crippen LogP contribution in [0.4, 0.5) is 5.69 Å². The Bertz CT molecular complexity index is 746. The molecule has 1 saturated carbocycles. The van der Waals surface area contributed by atoms with Gasteiger partial charge in [0.1, 0.15) is 11.8 Å². The molecule has 0 radical (unpaired) electrons. The molecule has 1 aromatic rings. The maximum absolute atomic E-state index is 12.9. The van der Waals surface area contributed by atoms with Gasteiger partial charge in [0.05, 0.1) is 19.1 Å². The van der Waals surface area contributed by atoms with Crippen molar-refractivity contribution in [3.05, 3.63) is 23.2 Å². The van der Waals surface area contributed by atoms with E-state index in [2.05, 4.69) is 5.32 Å². The maximum atomic E-state index is 12.9. The van der Waals surface area contributed by atoms with Crippen molar-refractivity contribution in [2.75, 3.05) is 17.7 Å². The molecule has 0 bridgehead atoms. The van der Waals surface area contributed by atoms with Gasteiger partial charge in [-0.3, -0.25) is 9.10 Å². The minimum absolute atomic E-state index is 0.0860. The van der Waals surface area contributed by atoms with E-state index in [0.717, 1.165) is 36.2 Å². The highest BCUT2D eigenvalue weighted by Gasteiger charge is 2.32. The number of anilines is 1. The molecule has 2 rings (SSSR count). The molecule has 8 heteroatoms. The van der Waals surface area contributed by atoms with Crippen LogP contribution in [0.3, 0.4) is 0 Å². The van der Waals surface area contributed by atoms with Crippen LogP contribution in [0.2, 0.25) is 5.02 Å². The summed E-state index contributed by atoms with van der Waals surface area (Å²) in [5.74, 6) is 0.0310. The normalized spacial score (nSPS) is 17.5. The highest BCUT2D eigenvalue weighted by atomic mass is 35.5. The van der Waals surface area contributed by atoms with E-state index < -0.39 is 16.1 Å². The minimum atomic E-state index is -3.73. The van der Waals surface area contributed by atoms with E-state index >= 15 is 0 Å². The van der Waals surface area contributed by atoms with Crippen molar-refractivity contribution in [3.63, 3.8) is 0 Å². The lowest BCUT2D eigenvalue weighted by atomic mass is 9.96. The van der Waals surface area contributed by atoms with E-state index in [4.69, 9.17) is 16.3 Å². The summed E-state index contributed by atoms with van der Waals surface area (Å²) in [6, 6.07) is 3.88. The van der Waals surface area contributed by atoms with Crippen molar-refractivity contribution in [1.82, 2.24) is 5.32 Å². The lowest BCUT2D eigenvalue weighted by Crippen LogP contribution is -2.50. The standard InChI is InChI=1S/C19H29ClN2O4S/c1-14(19(23)21-16-9-7-5-4-6-8-10-16)22(27(3,24)25)17-13-15(20)11-12-18(17)26-2/h11-14,16H,4-10H2,1-3H3,(H,21,23). The molecule has 1 aliphatic rings. The van der Waals surface area contributed by atoms with Crippen LogP contribution < -0.4 is 14.4 Å². The van der Waals surface area contributed by atoms with E-state index in [-0.39, 0.29) is 17.6 Å². The van der Waals surface area contributed by atoms with Crippen LogP contribution in [-0.4, -0.2) is 39.8 Å². The molecule has 0 saturated heterocycles. The van der Waals surface area contributed by atoms with Gasteiger partial charge in [-0.05, 0) is 38.0 Å². The highest BCUT2D eigenvalue weighted by Crippen LogP contribution is 2.34. The van der Waals surface area contributed by atoms with Crippen LogP contribution in [-0.2, 0) is 14.8 Å². The SMILES string of the molecule is COc1ccc(Cl)cc1N(C(C)C(=O)NC1CCCCCCC1)S(C)(=O)=O. The van der Waals surface area contributed by atoms with Crippen LogP contribution in [0, 0.1) is 0 Å². The van der Waals surface area contributed by atoms with Gasteiger partial charge in [-0.15, -0.1) is 0 Å². The molecular weight excluding hydrogens is 388 g/mol. The summed E-state index contributed by atoms with van der Waals surface area (Å²) in [6.07, 6.45) is 8.69. The maximum Gasteiger partial charge on any atom is 0.243 e. The average molecular weight is 417 g/mol. The Balaban J connectivity index is 2.26. The summed E-state index contributed by atoms with van der Waals surface area (Å²) in [5, 5.41) is 3.41. The number of nitrogens with one attached hydrogen (secondary N) is 1. The van der Waals surface area contributed by atoms with Crippen molar-refractivity contribution >= 4 is 33.2 Å². The zero-order chi connectivity index (χ0) is 20.0. The van der Waals surface area contributed by atoms with Crippen LogP contribution in [0.15, 0.2) is 18.2 Å². The number of ether oxygens (including phenoxy) is 1. The lowest BCUT2D eigenvalue weighted by Gasteiger charge is -2.31. The second-order valence-corrected chi connectivity index (χ2v) is 9.40. The van der Waals surface area contributed by atoms with Crippen molar-refractivity contribution in [2.45, 2.75) is 64.0 Å². The largest absolute Gasteiger partial charge is 0.495 e. The van der Waals surface area contributed by atoms with Gasteiger partial charge in [-0.1, -0.05) is 43.7 Å². The van der Waals surface area contributed by atoms with Crippen LogP contribution >= 0.6 is 11.6 Å². The fraction of sp³-hybridized carbons (Fsp3) is 0.632. The van der Waals surface area contributed by atoms with Gasteiger partial charge < -0.3 is 10.1 Å². The molecule has 0 aromatic heterocycles. The van der Waals surface area contributed by atoms with Crippen molar-refractivity contribution in [1.29, 1.82) is 0 Å². The van der Waals surface area contributed by atoms with Crippen LogP contribution in [0.5, 0.6) is 5.75 Å². The predicted octanol–water partition coefficient (Wildman–Crippen LogP) is 3.73. The van der Waals surface area contributed by atoms with E-state index in [0.29, 0.717) is 10.8 Å². The van der Waals surface area contributed by atoms with E-state index in [1.54, 1.807) is 19.1 Å². The van der Waals surface area contributed by atoms with Gasteiger partial charge in [0.25, 0.3) is 0 Å². The molecule has 0 spiro atoms. The summed E-state index contributed by atoms with van der Waals surface area (Å²) in [7, 11) is -2.28. The summed E-state index contributed by atoms with van der Waals surface area (Å²) in [6.45, 7) is 1.58. The van der Waals surface area contributed by atoms with Gasteiger partial charge >= 0.3 is 0 Å². The molecule has 1 aliphatic carbocycles. The zero-order valence-corrected chi connectivity index (χ0v) is 17.8. The third-order valence-electron chi connectivity index (χ3n) is 4.92. The molecule has 1 atom stereocenters. The van der Waals surface area contributed by atoms with E-state index in [9.17, 15) is 13.2 Å². The number of nitrogens with zero attached hydrogens (tertiary/aromatic N) is 1. The Morgan fingerprint density at radius 3 is 2.37 bits per heavy atom. The van der Waals surface area contributed by atoms with Crippen molar-refractivity contribution in [2.24, 2.45) is 0 Å². The fourth-order valence-corrected chi connectivity index (χ4v) is 4.88. The van der Waals surface area contributed by atoms with E-state index in [1.165, 1.54) is 32.4 Å². The molecule has 1 unspecified atom stereocenters. The first-order valence-corrected chi connectivity index (χ1v) is 11.6. The molecule has 0 heterocycles. The third kappa shape index (κ3) is 6.01. The number of halogens is 1. The van der Waals surface area contributed by atoms with Gasteiger partial charge in [0, 0.05) is 11.1 Å². The molecule has 1 fully saturated rings. The molecule has 0 aliphatic heterocycles. The van der Waals surface area contributed by atoms with Gasteiger partial charge in [-0.25, -0.2) is 8.42 Å². The second-order valence-electron chi connectivity index (χ2n) is 7.10. The smallest absolute Gasteiger partial charge is 0.243 e. The minimum Gasteiger partial charge on any atom is -0.495 e. The van der Waals surface area contributed by atoms with Gasteiger partial charge in [0.15, 0.2) is 0 Å². The Morgan fingerprint density at radius 2 is 1.81 bits per heavy atom. The average Bonchev–Trinajstić information content (AvgIpc) is 2.56. The number of sulfonamides is 1. The number of hydrogen-bond acceptors (Lipinski definition) is 4. The van der Waals surface area contributed by atoms with Crippen molar-refractivity contribution in [3.8, 4) is 5.75 Å². The molecule has 1 amide bonds. The molecular formula is C19H29ClN2O4S. The monoisotopic (exact) mass is 416 g/mol. The number of methoxy groups -OCH3 is 1. The quantitative estimate of drug-likeness (QED) is 0.766. The van der Waals surface area contributed by atoms with Gasteiger partial charge in [0.2, 0.25) is 15.9 Å². The summed E-state index contributed by atoms with van der Waals surface area (Å²) in [5.41, 5.74) is 0.257. The van der Waals surface area contributed by atoms with Crippen LogP contribution in [0.1, 0.15) is 51.9 Å². The molecule has 6 nitrogen and oxygen atoms in total. The Hall–Kier alpha value is -1.47. The number of carbonyl (C=O) groups is 1. The number of rotatable bonds is 6. The number of benzene rings is 1. The molecule has 152 valence electrons. The lowest BCUT2D eigenvalue weighted by molar-refractivity contribution is -0.122. The Morgan fingerprint density at radius 1 is 1.22 bits per heavy atom. The topological polar surface area (TPSA) is 75.7 Å². The summed E-state index contributed by atoms with van der Waals surface area (Å²) >= 11 is 6.06. The molecule has 1 N–H and O–H groups in total. The highest BCUT2D eigenvalue weighted by molar-refractivity contribution is 7.92. The molecule has 1 aromatic carbocycles. The van der Waals surface area contributed by atoms with Gasteiger partial charge in [-0.2, -0.15) is 0 Å². The third-order valence-corrected chi connectivity index (χ3v) is 6.38. The second kappa shape index (κ2) is 9.64. The molecule has 27 heavy (non-hydrogen) atoms. The fourth-order valence-electron chi connectivity index (χ4n) is 3.54. The first-order chi connectivity index (χ1) is 12.7. The van der Waals surface area contributed by atoms with E-state index in [1.807, 2.05) is 0 Å². The number of hydrogen-bond donors (Lipinski definition) is 1.